The molecule has 0 aliphatic heterocycles. The Kier molecular flexibility index (Phi) is 3.34. The number of aromatic amines is 1. The van der Waals surface area contributed by atoms with Crippen molar-refractivity contribution in [1.29, 1.82) is 0 Å². The molecule has 0 aliphatic carbocycles. The van der Waals surface area contributed by atoms with Crippen LogP contribution in [0.5, 0.6) is 0 Å². The van der Waals surface area contributed by atoms with Crippen molar-refractivity contribution in [3.63, 3.8) is 0 Å². The van der Waals surface area contributed by atoms with Crippen LogP contribution in [0.3, 0.4) is 0 Å². The molecule has 1 aromatic rings. The molecular weight excluding hydrogens is 192 g/mol. The molecule has 15 heavy (non-hydrogen) atoms. The molecule has 0 bridgehead atoms. The summed E-state index contributed by atoms with van der Waals surface area (Å²) in [5, 5.41) is 6.62. The molecule has 84 valence electrons. The molecule has 3 N–H and O–H groups in total. The minimum atomic E-state index is -0.133. The van der Waals surface area contributed by atoms with Crippen molar-refractivity contribution in [2.45, 2.75) is 33.2 Å². The van der Waals surface area contributed by atoms with E-state index in [-0.39, 0.29) is 11.9 Å². The smallest absolute Gasteiger partial charge is 0.276 e. The van der Waals surface area contributed by atoms with Gasteiger partial charge in [-0.05, 0) is 20.3 Å². The van der Waals surface area contributed by atoms with Crippen molar-refractivity contribution in [3.05, 3.63) is 11.4 Å². The molecule has 1 atom stereocenters. The quantitative estimate of drug-likeness (QED) is 0.786. The summed E-state index contributed by atoms with van der Waals surface area (Å²) in [5.41, 5.74) is 7.23. The van der Waals surface area contributed by atoms with Crippen LogP contribution in [0.15, 0.2) is 0 Å². The summed E-state index contributed by atoms with van der Waals surface area (Å²) < 4.78 is 0. The highest BCUT2D eigenvalue weighted by atomic mass is 16.2. The Balaban J connectivity index is 2.90. The minimum Gasteiger partial charge on any atom is -0.395 e. The van der Waals surface area contributed by atoms with E-state index >= 15 is 0 Å². The van der Waals surface area contributed by atoms with Crippen LogP contribution in [0, 0.1) is 6.92 Å². The fraction of sp³-hybridized carbons (Fsp3) is 0.600. The van der Waals surface area contributed by atoms with Gasteiger partial charge in [-0.3, -0.25) is 9.89 Å². The first-order valence-corrected chi connectivity index (χ1v) is 5.06. The summed E-state index contributed by atoms with van der Waals surface area (Å²) in [6.45, 7) is 5.82. The summed E-state index contributed by atoms with van der Waals surface area (Å²) in [6.07, 6.45) is 0.908. The summed E-state index contributed by atoms with van der Waals surface area (Å²) in [7, 11) is 1.76. The monoisotopic (exact) mass is 210 g/mol. The van der Waals surface area contributed by atoms with Crippen molar-refractivity contribution in [3.8, 4) is 0 Å². The summed E-state index contributed by atoms with van der Waals surface area (Å²) in [5.74, 6) is -0.133. The zero-order valence-electron chi connectivity index (χ0n) is 9.66. The first kappa shape index (κ1) is 11.6. The number of aryl methyl sites for hydroxylation is 1. The number of nitrogens with two attached hydrogens (primary N) is 1. The normalized spacial score (nSPS) is 12.5. The molecule has 0 aliphatic rings. The minimum absolute atomic E-state index is 0.133. The van der Waals surface area contributed by atoms with E-state index in [2.05, 4.69) is 10.2 Å². The number of carbonyl (C=O) groups excluding carboxylic acids is 1. The Bertz CT molecular complexity index is 358. The van der Waals surface area contributed by atoms with Crippen LogP contribution in [-0.2, 0) is 0 Å². The van der Waals surface area contributed by atoms with E-state index in [0.717, 1.165) is 12.1 Å². The van der Waals surface area contributed by atoms with Crippen LogP contribution in [-0.4, -0.2) is 34.1 Å². The van der Waals surface area contributed by atoms with E-state index in [1.54, 1.807) is 18.9 Å². The van der Waals surface area contributed by atoms with Crippen molar-refractivity contribution in [2.24, 2.45) is 0 Å². The Morgan fingerprint density at radius 2 is 2.27 bits per heavy atom. The Hall–Kier alpha value is -1.52. The molecule has 0 spiro atoms. The number of carbonyl (C=O) groups is 1. The van der Waals surface area contributed by atoms with Gasteiger partial charge in [-0.1, -0.05) is 6.92 Å². The predicted octanol–water partition coefficient (Wildman–Crippen LogP) is 1.17. The number of aromatic nitrogens is 2. The zero-order chi connectivity index (χ0) is 11.6. The first-order chi connectivity index (χ1) is 6.99. The molecule has 0 radical (unpaired) electrons. The van der Waals surface area contributed by atoms with E-state index in [1.165, 1.54) is 0 Å². The van der Waals surface area contributed by atoms with Crippen LogP contribution >= 0.6 is 0 Å². The summed E-state index contributed by atoms with van der Waals surface area (Å²) in [6, 6.07) is 0.189. The number of hydrogen-bond acceptors (Lipinski definition) is 3. The number of H-pyrrole nitrogens is 1. The van der Waals surface area contributed by atoms with Gasteiger partial charge in [0.05, 0.1) is 11.4 Å². The molecule has 0 saturated heterocycles. The van der Waals surface area contributed by atoms with Gasteiger partial charge in [0.15, 0.2) is 5.69 Å². The maximum absolute atomic E-state index is 11.9. The van der Waals surface area contributed by atoms with Crippen LogP contribution < -0.4 is 5.73 Å². The lowest BCUT2D eigenvalue weighted by molar-refractivity contribution is 0.0735. The maximum atomic E-state index is 11.9. The average molecular weight is 210 g/mol. The van der Waals surface area contributed by atoms with Gasteiger partial charge in [-0.2, -0.15) is 5.10 Å². The van der Waals surface area contributed by atoms with E-state index < -0.39 is 0 Å². The fourth-order valence-corrected chi connectivity index (χ4v) is 1.24. The van der Waals surface area contributed by atoms with Crippen LogP contribution in [0.4, 0.5) is 5.69 Å². The number of nitrogens with one attached hydrogen (secondary N) is 1. The van der Waals surface area contributed by atoms with Crippen molar-refractivity contribution in [1.82, 2.24) is 15.1 Å². The largest absolute Gasteiger partial charge is 0.395 e. The van der Waals surface area contributed by atoms with E-state index in [0.29, 0.717) is 11.4 Å². The predicted molar refractivity (Wildman–Crippen MR) is 59.6 cm³/mol. The highest BCUT2D eigenvalue weighted by Gasteiger charge is 2.21. The molecule has 1 rings (SSSR count). The summed E-state index contributed by atoms with van der Waals surface area (Å²) >= 11 is 0. The number of hydrogen-bond donors (Lipinski definition) is 2. The Morgan fingerprint density at radius 3 is 2.67 bits per heavy atom. The highest BCUT2D eigenvalue weighted by molar-refractivity contribution is 5.97. The Labute approximate surface area is 89.6 Å². The number of nitrogen functional groups attached to an aromatic ring is 1. The maximum Gasteiger partial charge on any atom is 0.276 e. The number of nitrogens with zero attached hydrogens (tertiary/aromatic N) is 2. The lowest BCUT2D eigenvalue weighted by Crippen LogP contribution is -2.35. The molecular formula is C10H18N4O. The van der Waals surface area contributed by atoms with Crippen LogP contribution in [0.25, 0.3) is 0 Å². The standard InChI is InChI=1S/C10H18N4O/c1-5-6(2)14(4)10(15)9-8(11)7(3)12-13-9/h6H,5,11H2,1-4H3,(H,12,13). The number of amides is 1. The van der Waals surface area contributed by atoms with Gasteiger partial charge in [0.25, 0.3) is 5.91 Å². The third-order valence-electron chi connectivity index (χ3n) is 2.77. The molecule has 0 fully saturated rings. The topological polar surface area (TPSA) is 75.0 Å². The van der Waals surface area contributed by atoms with Gasteiger partial charge in [-0.15, -0.1) is 0 Å². The van der Waals surface area contributed by atoms with Crippen molar-refractivity contribution < 1.29 is 4.79 Å². The molecule has 0 aromatic carbocycles. The van der Waals surface area contributed by atoms with Gasteiger partial charge < -0.3 is 10.6 Å². The molecule has 1 amide bonds. The van der Waals surface area contributed by atoms with Gasteiger partial charge in [0.1, 0.15) is 0 Å². The number of rotatable bonds is 3. The van der Waals surface area contributed by atoms with Gasteiger partial charge >= 0.3 is 0 Å². The van der Waals surface area contributed by atoms with E-state index in [9.17, 15) is 4.79 Å². The second kappa shape index (κ2) is 4.33. The van der Waals surface area contributed by atoms with Gasteiger partial charge in [0, 0.05) is 13.1 Å². The molecule has 1 heterocycles. The molecule has 1 unspecified atom stereocenters. The average Bonchev–Trinajstić information content (AvgIpc) is 2.56. The van der Waals surface area contributed by atoms with Crippen LogP contribution in [0.2, 0.25) is 0 Å². The highest BCUT2D eigenvalue weighted by Crippen LogP contribution is 2.15. The first-order valence-electron chi connectivity index (χ1n) is 5.06. The lowest BCUT2D eigenvalue weighted by Gasteiger charge is -2.22. The van der Waals surface area contributed by atoms with E-state index in [4.69, 9.17) is 5.73 Å². The fourth-order valence-electron chi connectivity index (χ4n) is 1.24. The second-order valence-corrected chi connectivity index (χ2v) is 3.78. The Morgan fingerprint density at radius 1 is 1.67 bits per heavy atom. The van der Waals surface area contributed by atoms with Gasteiger partial charge in [-0.25, -0.2) is 0 Å². The molecule has 0 saturated carbocycles. The van der Waals surface area contributed by atoms with Gasteiger partial charge in [0.2, 0.25) is 0 Å². The summed E-state index contributed by atoms with van der Waals surface area (Å²) in [4.78, 5) is 13.6. The third-order valence-corrected chi connectivity index (χ3v) is 2.77. The zero-order valence-corrected chi connectivity index (χ0v) is 9.66. The van der Waals surface area contributed by atoms with Crippen molar-refractivity contribution >= 4 is 11.6 Å². The van der Waals surface area contributed by atoms with Crippen LogP contribution in [0.1, 0.15) is 36.5 Å². The third kappa shape index (κ3) is 2.11. The van der Waals surface area contributed by atoms with E-state index in [1.807, 2.05) is 13.8 Å². The second-order valence-electron chi connectivity index (χ2n) is 3.78. The number of anilines is 1. The van der Waals surface area contributed by atoms with Crippen molar-refractivity contribution in [2.75, 3.05) is 12.8 Å². The molecule has 5 nitrogen and oxygen atoms in total. The SMILES string of the molecule is CCC(C)N(C)C(=O)c1n[nH]c(C)c1N. The molecule has 1 aromatic heterocycles. The molecule has 5 heteroatoms. The lowest BCUT2D eigenvalue weighted by atomic mass is 10.2.